The largest absolute Gasteiger partial charge is 0.327 e. The van der Waals surface area contributed by atoms with Crippen molar-refractivity contribution in [2.45, 2.75) is 23.4 Å². The van der Waals surface area contributed by atoms with Crippen LogP contribution < -0.4 is 10.6 Å². The molecule has 0 aliphatic heterocycles. The molecule has 0 spiro atoms. The number of hydrogen-bond acceptors (Lipinski definition) is 4. The van der Waals surface area contributed by atoms with E-state index in [1.54, 1.807) is 22.8 Å². The van der Waals surface area contributed by atoms with Crippen molar-refractivity contribution in [1.29, 1.82) is 0 Å². The molecule has 0 fully saturated rings. The fourth-order valence-corrected chi connectivity index (χ4v) is 5.58. The number of nitrogens with zero attached hydrogens (tertiary/aromatic N) is 3. The Kier molecular flexibility index (Phi) is 9.18. The minimum absolute atomic E-state index is 0.163. The Hall–Kier alpha value is -3.92. The zero-order chi connectivity index (χ0) is 28.8. The first kappa shape index (κ1) is 28.6. The number of halogens is 4. The summed E-state index contributed by atoms with van der Waals surface area (Å²) in [5.74, 6) is -0.617. The number of rotatable bonds is 9. The standard InChI is InChI=1S/C30H23Cl2F2N5OS/c31-21-11-14-27(23(32)16-21)39-28(37-38-30(39)41-18-20-9-5-2-6-10-20)26(15-19-7-3-1-4-8-19)36-29(40)35-25-13-12-22(33)17-24(25)34/h1-14,16-17,26H,15,18H2,(H2,35,36,40). The average Bonchev–Trinajstić information content (AvgIpc) is 3.38. The van der Waals surface area contributed by atoms with Crippen molar-refractivity contribution in [2.24, 2.45) is 0 Å². The molecule has 11 heteroatoms. The maximum absolute atomic E-state index is 14.3. The Morgan fingerprint density at radius 3 is 2.27 bits per heavy atom. The lowest BCUT2D eigenvalue weighted by atomic mass is 10.1. The van der Waals surface area contributed by atoms with E-state index in [0.717, 1.165) is 23.3 Å². The van der Waals surface area contributed by atoms with E-state index < -0.39 is 23.7 Å². The van der Waals surface area contributed by atoms with Crippen molar-refractivity contribution < 1.29 is 13.6 Å². The summed E-state index contributed by atoms with van der Waals surface area (Å²) >= 11 is 14.3. The highest BCUT2D eigenvalue weighted by Crippen LogP contribution is 2.33. The van der Waals surface area contributed by atoms with Crippen LogP contribution in [0.1, 0.15) is 23.0 Å². The SMILES string of the molecule is O=C(Nc1ccc(F)cc1F)NC(Cc1ccccc1)c1nnc(SCc2ccccc2)n1-c1ccc(Cl)cc1Cl. The predicted molar refractivity (Wildman–Crippen MR) is 159 cm³/mol. The normalized spacial score (nSPS) is 11.7. The molecule has 6 nitrogen and oxygen atoms in total. The summed E-state index contributed by atoms with van der Waals surface area (Å²) in [6.45, 7) is 0. The molecule has 2 amide bonds. The summed E-state index contributed by atoms with van der Waals surface area (Å²) < 4.78 is 29.4. The van der Waals surface area contributed by atoms with Crippen LogP contribution in [0.5, 0.6) is 0 Å². The molecule has 0 saturated carbocycles. The highest BCUT2D eigenvalue weighted by atomic mass is 35.5. The van der Waals surface area contributed by atoms with Gasteiger partial charge in [-0.3, -0.25) is 4.57 Å². The van der Waals surface area contributed by atoms with E-state index in [4.69, 9.17) is 23.2 Å². The van der Waals surface area contributed by atoms with E-state index in [1.165, 1.54) is 11.8 Å². The number of amides is 2. The molecular weight excluding hydrogens is 587 g/mol. The van der Waals surface area contributed by atoms with E-state index in [-0.39, 0.29) is 5.69 Å². The first-order chi connectivity index (χ1) is 19.9. The number of anilines is 1. The summed E-state index contributed by atoms with van der Waals surface area (Å²) in [7, 11) is 0. The molecule has 0 radical (unpaired) electrons. The zero-order valence-electron chi connectivity index (χ0n) is 21.4. The monoisotopic (exact) mass is 609 g/mol. The number of nitrogens with one attached hydrogen (secondary N) is 2. The number of carbonyl (C=O) groups excluding carboxylic acids is 1. The fourth-order valence-electron chi connectivity index (χ4n) is 4.18. The van der Waals surface area contributed by atoms with Crippen LogP contribution in [0.2, 0.25) is 10.0 Å². The fraction of sp³-hybridized carbons (Fsp3) is 0.100. The number of hydrogen-bond donors (Lipinski definition) is 2. The number of thioether (sulfide) groups is 1. The highest BCUT2D eigenvalue weighted by molar-refractivity contribution is 7.98. The minimum atomic E-state index is -0.893. The summed E-state index contributed by atoms with van der Waals surface area (Å²) in [6.07, 6.45) is 0.340. The number of aromatic nitrogens is 3. The molecule has 208 valence electrons. The second-order valence-corrected chi connectivity index (χ2v) is 10.8. The Bertz CT molecular complexity index is 1650. The third-order valence-electron chi connectivity index (χ3n) is 6.10. The highest BCUT2D eigenvalue weighted by Gasteiger charge is 2.26. The molecule has 0 aliphatic carbocycles. The molecule has 1 atom stereocenters. The topological polar surface area (TPSA) is 71.8 Å². The van der Waals surface area contributed by atoms with E-state index >= 15 is 0 Å². The molecule has 1 aromatic heterocycles. The third-order valence-corrected chi connectivity index (χ3v) is 7.64. The van der Waals surface area contributed by atoms with Gasteiger partial charge in [-0.1, -0.05) is 95.6 Å². The first-order valence-corrected chi connectivity index (χ1v) is 14.3. The molecule has 1 unspecified atom stereocenters. The van der Waals surface area contributed by atoms with Gasteiger partial charge in [0.05, 0.1) is 22.4 Å². The zero-order valence-corrected chi connectivity index (χ0v) is 23.7. The van der Waals surface area contributed by atoms with Crippen LogP contribution in [0.15, 0.2) is 102 Å². The van der Waals surface area contributed by atoms with Gasteiger partial charge in [-0.15, -0.1) is 10.2 Å². The smallest absolute Gasteiger partial charge is 0.319 e. The van der Waals surface area contributed by atoms with Gasteiger partial charge in [0.15, 0.2) is 11.0 Å². The summed E-state index contributed by atoms with van der Waals surface area (Å²) in [5.41, 5.74) is 2.43. The van der Waals surface area contributed by atoms with Gasteiger partial charge in [0.25, 0.3) is 0 Å². The van der Waals surface area contributed by atoms with Gasteiger partial charge in [0.2, 0.25) is 0 Å². The summed E-state index contributed by atoms with van der Waals surface area (Å²) in [5, 5.41) is 15.7. The van der Waals surface area contributed by atoms with Crippen LogP contribution in [0, 0.1) is 11.6 Å². The van der Waals surface area contributed by atoms with Crippen molar-refractivity contribution in [1.82, 2.24) is 20.1 Å². The van der Waals surface area contributed by atoms with Crippen LogP contribution in [0.3, 0.4) is 0 Å². The number of carbonyl (C=O) groups is 1. The molecule has 0 bridgehead atoms. The quantitative estimate of drug-likeness (QED) is 0.165. The lowest BCUT2D eigenvalue weighted by Gasteiger charge is -2.21. The van der Waals surface area contributed by atoms with Crippen molar-refractivity contribution in [3.63, 3.8) is 0 Å². The molecule has 2 N–H and O–H groups in total. The van der Waals surface area contributed by atoms with E-state index in [9.17, 15) is 13.6 Å². The first-order valence-electron chi connectivity index (χ1n) is 12.5. The number of benzene rings is 4. The Balaban J connectivity index is 1.53. The molecule has 5 aromatic rings. The summed E-state index contributed by atoms with van der Waals surface area (Å²) in [4.78, 5) is 13.1. The van der Waals surface area contributed by atoms with Crippen LogP contribution in [0.4, 0.5) is 19.3 Å². The van der Waals surface area contributed by atoms with Crippen LogP contribution in [0.25, 0.3) is 5.69 Å². The van der Waals surface area contributed by atoms with Crippen molar-refractivity contribution in [2.75, 3.05) is 5.32 Å². The molecule has 1 heterocycles. The Morgan fingerprint density at radius 1 is 0.878 bits per heavy atom. The van der Waals surface area contributed by atoms with E-state index in [2.05, 4.69) is 20.8 Å². The maximum atomic E-state index is 14.3. The molecule has 0 aliphatic rings. The van der Waals surface area contributed by atoms with Gasteiger partial charge in [-0.25, -0.2) is 13.6 Å². The second kappa shape index (κ2) is 13.2. The average molecular weight is 611 g/mol. The van der Waals surface area contributed by atoms with Gasteiger partial charge < -0.3 is 10.6 Å². The van der Waals surface area contributed by atoms with Gasteiger partial charge in [-0.2, -0.15) is 0 Å². The van der Waals surface area contributed by atoms with Crippen LogP contribution >= 0.6 is 35.0 Å². The van der Waals surface area contributed by atoms with Gasteiger partial charge >= 0.3 is 6.03 Å². The van der Waals surface area contributed by atoms with Crippen LogP contribution in [-0.4, -0.2) is 20.8 Å². The Labute approximate surface area is 249 Å². The van der Waals surface area contributed by atoms with Crippen LogP contribution in [-0.2, 0) is 12.2 Å². The molecule has 0 saturated heterocycles. The van der Waals surface area contributed by atoms with Crippen molar-refractivity contribution in [3.05, 3.63) is 136 Å². The maximum Gasteiger partial charge on any atom is 0.319 e. The van der Waals surface area contributed by atoms with Gasteiger partial charge in [-0.05, 0) is 41.5 Å². The van der Waals surface area contributed by atoms with Crippen molar-refractivity contribution >= 4 is 46.7 Å². The second-order valence-electron chi connectivity index (χ2n) is 9.01. The molecular formula is C30H23Cl2F2N5OS. The molecule has 4 aromatic carbocycles. The third kappa shape index (κ3) is 7.24. The summed E-state index contributed by atoms with van der Waals surface area (Å²) in [6, 6.07) is 26.0. The van der Waals surface area contributed by atoms with Gasteiger partial charge in [0, 0.05) is 23.3 Å². The number of urea groups is 1. The van der Waals surface area contributed by atoms with Crippen molar-refractivity contribution in [3.8, 4) is 5.69 Å². The van der Waals surface area contributed by atoms with E-state index in [0.29, 0.717) is 45.0 Å². The minimum Gasteiger partial charge on any atom is -0.327 e. The molecule has 41 heavy (non-hydrogen) atoms. The van der Waals surface area contributed by atoms with E-state index in [1.807, 2.05) is 60.7 Å². The van der Waals surface area contributed by atoms with Gasteiger partial charge in [0.1, 0.15) is 11.6 Å². The lowest BCUT2D eigenvalue weighted by molar-refractivity contribution is 0.247. The Morgan fingerprint density at radius 2 is 1.59 bits per heavy atom. The predicted octanol–water partition coefficient (Wildman–Crippen LogP) is 8.25. The molecule has 5 rings (SSSR count). The lowest BCUT2D eigenvalue weighted by Crippen LogP contribution is -2.35.